The van der Waals surface area contributed by atoms with Crippen molar-refractivity contribution in [3.05, 3.63) is 70.8 Å². The molecule has 0 spiro atoms. The second-order valence-electron chi connectivity index (χ2n) is 5.01. The summed E-state index contributed by atoms with van der Waals surface area (Å²) in [5, 5.41) is 10.6. The van der Waals surface area contributed by atoms with E-state index in [-0.39, 0.29) is 12.1 Å². The van der Waals surface area contributed by atoms with E-state index >= 15 is 0 Å². The van der Waals surface area contributed by atoms with Crippen molar-refractivity contribution in [2.45, 2.75) is 25.4 Å². The van der Waals surface area contributed by atoms with Crippen LogP contribution in [0.1, 0.15) is 35.6 Å². The molecule has 2 rings (SSSR count). The van der Waals surface area contributed by atoms with Crippen LogP contribution in [0.2, 0.25) is 0 Å². The van der Waals surface area contributed by atoms with E-state index < -0.39 is 23.7 Å². The third-order valence-corrected chi connectivity index (χ3v) is 3.75. The van der Waals surface area contributed by atoms with Crippen LogP contribution in [0, 0.1) is 11.6 Å². The first-order valence-corrected chi connectivity index (χ1v) is 6.99. The molecule has 0 amide bonds. The molecule has 0 fully saturated rings. The average molecular weight is 291 g/mol. The van der Waals surface area contributed by atoms with Gasteiger partial charge < -0.3 is 10.8 Å². The molecule has 0 radical (unpaired) electrons. The zero-order valence-corrected chi connectivity index (χ0v) is 11.9. The van der Waals surface area contributed by atoms with E-state index in [1.54, 1.807) is 0 Å². The van der Waals surface area contributed by atoms with Gasteiger partial charge in [-0.2, -0.15) is 0 Å². The van der Waals surface area contributed by atoms with Crippen LogP contribution in [0.25, 0.3) is 0 Å². The van der Waals surface area contributed by atoms with Crippen molar-refractivity contribution in [2.24, 2.45) is 5.73 Å². The van der Waals surface area contributed by atoms with Gasteiger partial charge in [0.2, 0.25) is 0 Å². The Bertz CT molecular complexity index is 615. The molecule has 3 N–H and O–H groups in total. The summed E-state index contributed by atoms with van der Waals surface area (Å²) in [6.07, 6.45) is -0.165. The first-order valence-electron chi connectivity index (χ1n) is 6.99. The lowest BCUT2D eigenvalue weighted by molar-refractivity contribution is 0.144. The number of hydrogen-bond acceptors (Lipinski definition) is 2. The molecule has 4 heteroatoms. The number of aryl methyl sites for hydroxylation is 1. The maximum Gasteiger partial charge on any atom is 0.129 e. The van der Waals surface area contributed by atoms with E-state index in [0.717, 1.165) is 23.6 Å². The number of halogens is 2. The van der Waals surface area contributed by atoms with Crippen LogP contribution in [0.4, 0.5) is 8.78 Å². The molecule has 21 heavy (non-hydrogen) atoms. The van der Waals surface area contributed by atoms with E-state index in [2.05, 4.69) is 0 Å². The van der Waals surface area contributed by atoms with Crippen molar-refractivity contribution >= 4 is 0 Å². The highest BCUT2D eigenvalue weighted by atomic mass is 19.1. The van der Waals surface area contributed by atoms with Gasteiger partial charge in [-0.1, -0.05) is 37.3 Å². The molecule has 0 saturated heterocycles. The lowest BCUT2D eigenvalue weighted by Crippen LogP contribution is -2.22. The zero-order chi connectivity index (χ0) is 15.4. The summed E-state index contributed by atoms with van der Waals surface area (Å²) >= 11 is 0. The minimum atomic E-state index is -0.925. The van der Waals surface area contributed by atoms with Crippen LogP contribution in [0.15, 0.2) is 42.5 Å². The smallest absolute Gasteiger partial charge is 0.129 e. The number of aliphatic hydroxyl groups excluding tert-OH is 1. The van der Waals surface area contributed by atoms with E-state index in [1.807, 2.05) is 31.2 Å². The lowest BCUT2D eigenvalue weighted by atomic mass is 9.86. The van der Waals surface area contributed by atoms with Gasteiger partial charge in [0, 0.05) is 18.5 Å². The highest BCUT2D eigenvalue weighted by Gasteiger charge is 2.25. The van der Waals surface area contributed by atoms with Crippen LogP contribution in [0.5, 0.6) is 0 Å². The number of aliphatic hydroxyl groups is 1. The van der Waals surface area contributed by atoms with Gasteiger partial charge >= 0.3 is 0 Å². The number of benzene rings is 2. The summed E-state index contributed by atoms with van der Waals surface area (Å²) in [5.41, 5.74) is 7.68. The third-order valence-electron chi connectivity index (χ3n) is 3.75. The van der Waals surface area contributed by atoms with Crippen molar-refractivity contribution in [1.29, 1.82) is 0 Å². The molecule has 2 unspecified atom stereocenters. The normalized spacial score (nSPS) is 14.0. The van der Waals surface area contributed by atoms with Gasteiger partial charge in [-0.05, 0) is 29.2 Å². The Morgan fingerprint density at radius 1 is 1.10 bits per heavy atom. The summed E-state index contributed by atoms with van der Waals surface area (Å²) in [4.78, 5) is 0. The van der Waals surface area contributed by atoms with Gasteiger partial charge in [0.25, 0.3) is 0 Å². The molecular formula is C17H19F2NO. The molecule has 0 heterocycles. The number of rotatable bonds is 5. The van der Waals surface area contributed by atoms with Gasteiger partial charge in [0.15, 0.2) is 0 Å². The van der Waals surface area contributed by atoms with E-state index in [4.69, 9.17) is 5.73 Å². The summed E-state index contributed by atoms with van der Waals surface area (Å²) in [7, 11) is 0. The fourth-order valence-electron chi connectivity index (χ4n) is 2.59. The minimum Gasteiger partial charge on any atom is -0.388 e. The van der Waals surface area contributed by atoms with Crippen LogP contribution < -0.4 is 5.73 Å². The Hall–Kier alpha value is -1.78. The van der Waals surface area contributed by atoms with Crippen LogP contribution in [0.3, 0.4) is 0 Å². The Morgan fingerprint density at radius 3 is 2.43 bits per heavy atom. The van der Waals surface area contributed by atoms with Crippen LogP contribution in [-0.4, -0.2) is 11.7 Å². The fraction of sp³-hybridized carbons (Fsp3) is 0.294. The van der Waals surface area contributed by atoms with Crippen LogP contribution >= 0.6 is 0 Å². The fourth-order valence-corrected chi connectivity index (χ4v) is 2.59. The van der Waals surface area contributed by atoms with Gasteiger partial charge in [-0.15, -0.1) is 0 Å². The maximum absolute atomic E-state index is 13.9. The first-order chi connectivity index (χ1) is 10.1. The molecular weight excluding hydrogens is 272 g/mol. The summed E-state index contributed by atoms with van der Waals surface area (Å²) in [6, 6.07) is 10.8. The quantitative estimate of drug-likeness (QED) is 0.888. The summed E-state index contributed by atoms with van der Waals surface area (Å²) < 4.78 is 27.0. The molecule has 0 aliphatic carbocycles. The van der Waals surface area contributed by atoms with E-state index in [0.29, 0.717) is 0 Å². The van der Waals surface area contributed by atoms with Gasteiger partial charge in [-0.25, -0.2) is 8.78 Å². The predicted molar refractivity (Wildman–Crippen MR) is 78.9 cm³/mol. The summed E-state index contributed by atoms with van der Waals surface area (Å²) in [5.74, 6) is -1.94. The molecule has 2 atom stereocenters. The molecule has 112 valence electrons. The second kappa shape index (κ2) is 6.78. The lowest BCUT2D eigenvalue weighted by Gasteiger charge is -2.24. The highest BCUT2D eigenvalue weighted by Crippen LogP contribution is 2.33. The second-order valence-corrected chi connectivity index (χ2v) is 5.01. The third kappa shape index (κ3) is 3.28. The molecule has 2 aromatic carbocycles. The Morgan fingerprint density at radius 2 is 1.81 bits per heavy atom. The van der Waals surface area contributed by atoms with Crippen molar-refractivity contribution in [1.82, 2.24) is 0 Å². The largest absolute Gasteiger partial charge is 0.388 e. The van der Waals surface area contributed by atoms with Crippen molar-refractivity contribution in [3.63, 3.8) is 0 Å². The maximum atomic E-state index is 13.9. The molecule has 0 aliphatic rings. The van der Waals surface area contributed by atoms with E-state index in [1.165, 1.54) is 12.1 Å². The predicted octanol–water partition coefficient (Wildman–Crippen LogP) is 3.30. The molecule has 2 aromatic rings. The van der Waals surface area contributed by atoms with Crippen LogP contribution in [-0.2, 0) is 6.42 Å². The van der Waals surface area contributed by atoms with E-state index in [9.17, 15) is 13.9 Å². The Labute approximate surface area is 123 Å². The van der Waals surface area contributed by atoms with Crippen molar-refractivity contribution < 1.29 is 13.9 Å². The topological polar surface area (TPSA) is 46.2 Å². The number of hydrogen-bond donors (Lipinski definition) is 2. The number of nitrogens with two attached hydrogens (primary N) is 1. The minimum absolute atomic E-state index is 0.0712. The SMILES string of the molecule is CCc1ccccc1C(O)C(CN)c1ccc(F)cc1F. The van der Waals surface area contributed by atoms with Gasteiger partial charge in [-0.3, -0.25) is 0 Å². The Balaban J connectivity index is 2.40. The monoisotopic (exact) mass is 291 g/mol. The van der Waals surface area contributed by atoms with Crippen molar-refractivity contribution in [2.75, 3.05) is 6.54 Å². The summed E-state index contributed by atoms with van der Waals surface area (Å²) in [6.45, 7) is 2.06. The molecule has 2 nitrogen and oxygen atoms in total. The standard InChI is InChI=1S/C17H19F2NO/c1-2-11-5-3-4-6-13(11)17(21)15(10-20)14-8-7-12(18)9-16(14)19/h3-9,15,17,21H,2,10,20H2,1H3. The van der Waals surface area contributed by atoms with Crippen molar-refractivity contribution in [3.8, 4) is 0 Å². The molecule has 0 saturated carbocycles. The highest BCUT2D eigenvalue weighted by molar-refractivity contribution is 5.33. The molecule has 0 bridgehead atoms. The molecule has 0 aliphatic heterocycles. The Kier molecular flexibility index (Phi) is 5.04. The zero-order valence-electron chi connectivity index (χ0n) is 11.9. The first kappa shape index (κ1) is 15.6. The van der Waals surface area contributed by atoms with Gasteiger partial charge in [0.05, 0.1) is 6.10 Å². The average Bonchev–Trinajstić information content (AvgIpc) is 2.49. The van der Waals surface area contributed by atoms with Gasteiger partial charge in [0.1, 0.15) is 11.6 Å². The molecule has 0 aromatic heterocycles.